The van der Waals surface area contributed by atoms with Gasteiger partial charge in [-0.1, -0.05) is 7.43 Å². The fourth-order valence-corrected chi connectivity index (χ4v) is 0.985. The van der Waals surface area contributed by atoms with Crippen LogP contribution in [-0.4, -0.2) is 36.9 Å². The number of likely N-dealkylation sites (N-methyl/N-ethyl adjacent to an activating group) is 1. The predicted octanol–water partition coefficient (Wildman–Crippen LogP) is 3.47. The maximum absolute atomic E-state index is 10.8. The number of hydrogen-bond acceptors (Lipinski definition) is 1. The zero-order valence-electron chi connectivity index (χ0n) is 8.68. The molecule has 0 heterocycles. The van der Waals surface area contributed by atoms with E-state index in [4.69, 9.17) is 0 Å². The number of quaternary nitrogens is 1. The fraction of sp³-hybridized carbons (Fsp3) is 0.889. The van der Waals surface area contributed by atoms with E-state index in [-0.39, 0.29) is 13.2 Å². The molecule has 0 aliphatic heterocycles. The summed E-state index contributed by atoms with van der Waals surface area (Å²) >= 11 is 4.74. The minimum atomic E-state index is 0. The number of hydrogen-bond donors (Lipinski definition) is 0. The van der Waals surface area contributed by atoms with Crippen LogP contribution in [0.25, 0.3) is 0 Å². The van der Waals surface area contributed by atoms with Crippen molar-refractivity contribution in [3.8, 4) is 0 Å². The van der Waals surface area contributed by atoms with Crippen molar-refractivity contribution in [1.29, 1.82) is 0 Å². The second kappa shape index (κ2) is 12.7. The van der Waals surface area contributed by atoms with Crippen molar-refractivity contribution in [3.63, 3.8) is 0 Å². The van der Waals surface area contributed by atoms with Crippen molar-refractivity contribution in [3.05, 3.63) is 0 Å². The van der Waals surface area contributed by atoms with Crippen LogP contribution >= 0.6 is 40.0 Å². The van der Waals surface area contributed by atoms with E-state index in [0.29, 0.717) is 16.0 Å². The van der Waals surface area contributed by atoms with Crippen LogP contribution in [0.5, 0.6) is 0 Å². The van der Waals surface area contributed by atoms with Crippen LogP contribution in [0, 0.1) is 0 Å². The molecule has 0 aromatic heterocycles. The Balaban J connectivity index is -0.000000267. The summed E-state index contributed by atoms with van der Waals surface area (Å²) in [6.07, 6.45) is 0. The summed E-state index contributed by atoms with van der Waals surface area (Å²) in [7, 11) is 2.74. The fourth-order valence-electron chi connectivity index (χ4n) is 0.985. The molecule has 5 heteroatoms. The molecule has 2 nitrogen and oxygen atoms in total. The monoisotopic (exact) mass is 465 g/mol. The van der Waals surface area contributed by atoms with Gasteiger partial charge in [-0.2, -0.15) is 0 Å². The van der Waals surface area contributed by atoms with Crippen molar-refractivity contribution < 1.29 is 18.7 Å². The number of carbonyl (C=O) groups is 1. The molecule has 0 fully saturated rings. The van der Waals surface area contributed by atoms with Gasteiger partial charge in [-0.3, -0.25) is 4.79 Å². The van der Waals surface area contributed by atoms with Crippen molar-refractivity contribution in [2.24, 2.45) is 0 Å². The standard InChI is InChI=1S/C8H18NO.CH4.2HI.V/c1-5-9(4,6-2)7-8(3)10;;;;/h5-7H2,1-4H3;1H4;2*1H;/q+1;;;;+2/p-2. The molecular formula is C9H22I2NOV+. The van der Waals surface area contributed by atoms with Gasteiger partial charge in [0.05, 0.1) is 20.1 Å². The first kappa shape index (κ1) is 21.0. The van der Waals surface area contributed by atoms with Crippen molar-refractivity contribution in [2.75, 3.05) is 26.7 Å². The molecule has 0 radical (unpaired) electrons. The number of carbonyl (C=O) groups excluding carboxylic acids is 1. The normalized spacial score (nSPS) is 9.29. The molecule has 0 aliphatic carbocycles. The Bertz CT molecular complexity index is 141. The van der Waals surface area contributed by atoms with Gasteiger partial charge in [-0.15, -0.1) is 0 Å². The maximum atomic E-state index is 10.8. The molecule has 0 aliphatic rings. The third-order valence-electron chi connectivity index (χ3n) is 2.13. The van der Waals surface area contributed by atoms with Gasteiger partial charge in [0.15, 0.2) is 5.78 Å². The van der Waals surface area contributed by atoms with Crippen LogP contribution in [0.15, 0.2) is 0 Å². The number of halogens is 2. The SMILES string of the molecule is C.CC[N+](C)(CC)CC(C)=O.[I][V][I]. The molecule has 0 saturated heterocycles. The molecule has 0 unspecified atom stereocenters. The van der Waals surface area contributed by atoms with E-state index >= 15 is 0 Å². The van der Waals surface area contributed by atoms with Crippen LogP contribution in [0.2, 0.25) is 0 Å². The Morgan fingerprint density at radius 1 is 1.29 bits per heavy atom. The summed E-state index contributed by atoms with van der Waals surface area (Å²) in [4.78, 5) is 10.8. The number of Topliss-reactive ketones (excluding diaryl/α,β-unsaturated/α-hetero) is 1. The average molecular weight is 465 g/mol. The second-order valence-corrected chi connectivity index (χ2v) is 15.0. The Kier molecular flexibility index (Phi) is 19.1. The van der Waals surface area contributed by atoms with E-state index in [1.165, 1.54) is 0 Å². The minimum absolute atomic E-state index is 0. The summed E-state index contributed by atoms with van der Waals surface area (Å²) in [6.45, 7) is 8.64. The van der Waals surface area contributed by atoms with Crippen LogP contribution in [0.1, 0.15) is 28.2 Å². The molecule has 0 atom stereocenters. The Hall–Kier alpha value is 1.67. The number of rotatable bonds is 4. The van der Waals surface area contributed by atoms with Gasteiger partial charge in [-0.25, -0.2) is 0 Å². The van der Waals surface area contributed by atoms with Gasteiger partial charge in [0.1, 0.15) is 6.54 Å². The average Bonchev–Trinajstić information content (AvgIpc) is 2.05. The molecule has 0 aromatic rings. The Morgan fingerprint density at radius 2 is 1.57 bits per heavy atom. The topological polar surface area (TPSA) is 17.1 Å². The zero-order valence-corrected chi connectivity index (χ0v) is 14.4. The van der Waals surface area contributed by atoms with Crippen LogP contribution in [0.3, 0.4) is 0 Å². The molecule has 0 N–H and O–H groups in total. The first-order valence-electron chi connectivity index (χ1n) is 4.21. The Labute approximate surface area is 118 Å². The summed E-state index contributed by atoms with van der Waals surface area (Å²) in [6, 6.07) is 0. The molecule has 14 heavy (non-hydrogen) atoms. The van der Waals surface area contributed by atoms with Gasteiger partial charge in [-0.05, 0) is 13.8 Å². The molecule has 0 bridgehead atoms. The summed E-state index contributed by atoms with van der Waals surface area (Å²) in [5.41, 5.74) is 0. The predicted molar refractivity (Wildman–Crippen MR) is 77.6 cm³/mol. The van der Waals surface area contributed by atoms with E-state index in [0.717, 1.165) is 17.6 Å². The third-order valence-corrected chi connectivity index (χ3v) is 2.13. The zero-order chi connectivity index (χ0) is 10.9. The van der Waals surface area contributed by atoms with Crippen LogP contribution in [-0.2, 0) is 14.3 Å². The van der Waals surface area contributed by atoms with Gasteiger partial charge >= 0.3 is 49.4 Å². The summed E-state index contributed by atoms with van der Waals surface area (Å²) in [5, 5.41) is 0. The van der Waals surface area contributed by atoms with Gasteiger partial charge in [0.25, 0.3) is 0 Å². The molecule has 87 valence electrons. The van der Waals surface area contributed by atoms with E-state index in [9.17, 15) is 4.79 Å². The summed E-state index contributed by atoms with van der Waals surface area (Å²) < 4.78 is 0.870. The molecule has 0 amide bonds. The Morgan fingerprint density at radius 3 is 1.64 bits per heavy atom. The van der Waals surface area contributed by atoms with E-state index < -0.39 is 0 Å². The first-order chi connectivity index (χ1) is 5.95. The molecule has 0 rings (SSSR count). The van der Waals surface area contributed by atoms with E-state index in [1.807, 2.05) is 0 Å². The van der Waals surface area contributed by atoms with Gasteiger partial charge in [0, 0.05) is 6.92 Å². The number of ketones is 1. The first-order valence-corrected chi connectivity index (χ1v) is 13.2. The van der Waals surface area contributed by atoms with Crippen molar-refractivity contribution in [2.45, 2.75) is 28.2 Å². The number of nitrogens with zero attached hydrogens (tertiary/aromatic N) is 1. The molecule has 0 saturated carbocycles. The van der Waals surface area contributed by atoms with Crippen molar-refractivity contribution >= 4 is 45.7 Å². The van der Waals surface area contributed by atoms with E-state index in [1.54, 1.807) is 6.92 Å². The summed E-state index contributed by atoms with van der Waals surface area (Å²) in [5.74, 6) is 0.284. The quantitative estimate of drug-likeness (QED) is 0.460. The third kappa shape index (κ3) is 13.7. The van der Waals surface area contributed by atoms with Crippen LogP contribution < -0.4 is 0 Å². The van der Waals surface area contributed by atoms with Gasteiger partial charge < -0.3 is 4.48 Å². The molecule has 0 spiro atoms. The molecule has 0 aromatic carbocycles. The molecular weight excluding hydrogens is 443 g/mol. The van der Waals surface area contributed by atoms with E-state index in [2.05, 4.69) is 60.9 Å². The van der Waals surface area contributed by atoms with Crippen LogP contribution in [0.4, 0.5) is 0 Å². The second-order valence-electron chi connectivity index (χ2n) is 3.18. The van der Waals surface area contributed by atoms with Gasteiger partial charge in [0.2, 0.25) is 0 Å². The van der Waals surface area contributed by atoms with Crippen molar-refractivity contribution in [1.82, 2.24) is 0 Å².